The zero-order valence-corrected chi connectivity index (χ0v) is 15.1. The van der Waals surface area contributed by atoms with Gasteiger partial charge in [0.05, 0.1) is 27.7 Å². The molecule has 0 aliphatic heterocycles. The molecule has 0 fully saturated rings. The molecule has 0 aliphatic carbocycles. The van der Waals surface area contributed by atoms with Crippen molar-refractivity contribution < 1.29 is 21.5 Å². The maximum atomic E-state index is 11.4. The maximum Gasteiger partial charge on any atom is 0.444 e. The Labute approximate surface area is 131 Å². The van der Waals surface area contributed by atoms with Crippen LogP contribution < -0.4 is 0 Å². The van der Waals surface area contributed by atoms with Gasteiger partial charge in [-0.15, -0.1) is 0 Å². The molecular formula is C15H34NO4S+. The lowest BCUT2D eigenvalue weighted by atomic mass is 10.1. The second kappa shape index (κ2) is 11.4. The van der Waals surface area contributed by atoms with Crippen molar-refractivity contribution >= 4 is 10.4 Å². The highest BCUT2D eigenvalue weighted by Crippen LogP contribution is 2.11. The molecule has 0 aliphatic rings. The molecule has 0 saturated heterocycles. The first-order valence-electron chi connectivity index (χ1n) is 8.19. The average molecular weight is 325 g/mol. The summed E-state index contributed by atoms with van der Waals surface area (Å²) in [6, 6.07) is 0. The highest BCUT2D eigenvalue weighted by Gasteiger charge is 2.23. The van der Waals surface area contributed by atoms with Crippen molar-refractivity contribution in [1.82, 2.24) is 0 Å². The minimum absolute atomic E-state index is 0.125. The van der Waals surface area contributed by atoms with Gasteiger partial charge >= 0.3 is 10.4 Å². The standard InChI is InChI=1S/C15H34NO4S/c1-5-6-7-8-9-10-11-12-13-14-15-19-21(17,18)20-16(2,3)4/h5-15H2,1-4H3/q+1. The van der Waals surface area contributed by atoms with E-state index in [-0.39, 0.29) is 11.3 Å². The molecular weight excluding hydrogens is 290 g/mol. The summed E-state index contributed by atoms with van der Waals surface area (Å²) in [5.74, 6) is 0. The van der Waals surface area contributed by atoms with Crippen LogP contribution in [0.15, 0.2) is 0 Å². The van der Waals surface area contributed by atoms with E-state index in [4.69, 9.17) is 8.47 Å². The third-order valence-electron chi connectivity index (χ3n) is 3.04. The molecule has 128 valence electrons. The van der Waals surface area contributed by atoms with Crippen molar-refractivity contribution in [2.75, 3.05) is 27.7 Å². The van der Waals surface area contributed by atoms with E-state index >= 15 is 0 Å². The number of quaternary nitrogens is 1. The summed E-state index contributed by atoms with van der Waals surface area (Å²) in [4.78, 5) is 0. The van der Waals surface area contributed by atoms with Crippen LogP contribution in [0.1, 0.15) is 71.1 Å². The number of nitrogens with zero attached hydrogens (tertiary/aromatic N) is 1. The zero-order valence-electron chi connectivity index (χ0n) is 14.3. The summed E-state index contributed by atoms with van der Waals surface area (Å²) < 4.78 is 32.4. The first-order chi connectivity index (χ1) is 9.77. The summed E-state index contributed by atoms with van der Waals surface area (Å²) in [5.41, 5.74) is 0. The van der Waals surface area contributed by atoms with E-state index in [2.05, 4.69) is 6.92 Å². The molecule has 0 aromatic rings. The Morgan fingerprint density at radius 1 is 0.762 bits per heavy atom. The second-order valence-electron chi connectivity index (χ2n) is 6.38. The molecule has 0 unspecified atom stereocenters. The van der Waals surface area contributed by atoms with Gasteiger partial charge in [-0.1, -0.05) is 64.7 Å². The van der Waals surface area contributed by atoms with Gasteiger partial charge in [0.2, 0.25) is 0 Å². The van der Waals surface area contributed by atoms with Crippen molar-refractivity contribution in [3.05, 3.63) is 0 Å². The Kier molecular flexibility index (Phi) is 11.3. The van der Waals surface area contributed by atoms with Crippen LogP contribution in [0, 0.1) is 0 Å². The molecule has 0 heterocycles. The SMILES string of the molecule is CCCCCCCCCCCCOS(=O)(=O)O[N+](C)(C)C. The molecule has 0 saturated carbocycles. The van der Waals surface area contributed by atoms with Crippen LogP contribution in [0.3, 0.4) is 0 Å². The van der Waals surface area contributed by atoms with Crippen molar-refractivity contribution in [3.8, 4) is 0 Å². The molecule has 0 aromatic carbocycles. The molecule has 5 nitrogen and oxygen atoms in total. The van der Waals surface area contributed by atoms with Crippen molar-refractivity contribution in [2.24, 2.45) is 0 Å². The van der Waals surface area contributed by atoms with Gasteiger partial charge in [-0.2, -0.15) is 13.1 Å². The third-order valence-corrected chi connectivity index (χ3v) is 4.13. The number of rotatable bonds is 14. The van der Waals surface area contributed by atoms with Gasteiger partial charge in [-0.25, -0.2) is 4.18 Å². The Balaban J connectivity index is 3.40. The third kappa shape index (κ3) is 16.0. The Morgan fingerprint density at radius 3 is 1.62 bits per heavy atom. The fourth-order valence-electron chi connectivity index (χ4n) is 2.05. The quantitative estimate of drug-likeness (QED) is 0.277. The van der Waals surface area contributed by atoms with Crippen molar-refractivity contribution in [3.63, 3.8) is 0 Å². The Bertz CT molecular complexity index is 336. The minimum atomic E-state index is -3.88. The van der Waals surface area contributed by atoms with Gasteiger partial charge in [0.15, 0.2) is 0 Å². The molecule has 0 bridgehead atoms. The molecule has 0 N–H and O–H groups in total. The summed E-state index contributed by atoms with van der Waals surface area (Å²) >= 11 is 0. The van der Waals surface area contributed by atoms with E-state index in [1.165, 1.54) is 44.9 Å². The predicted molar refractivity (Wildman–Crippen MR) is 85.8 cm³/mol. The number of hydrogen-bond donors (Lipinski definition) is 0. The zero-order chi connectivity index (χ0) is 16.2. The maximum absolute atomic E-state index is 11.4. The number of hydrogen-bond acceptors (Lipinski definition) is 4. The molecule has 21 heavy (non-hydrogen) atoms. The molecule has 0 spiro atoms. The van der Waals surface area contributed by atoms with Crippen LogP contribution in [0.5, 0.6) is 0 Å². The molecule has 0 rings (SSSR count). The number of unbranched alkanes of at least 4 members (excludes halogenated alkanes) is 9. The first kappa shape index (κ1) is 20.8. The molecule has 6 heteroatoms. The van der Waals surface area contributed by atoms with Crippen LogP contribution in [0.2, 0.25) is 0 Å². The van der Waals surface area contributed by atoms with Crippen molar-refractivity contribution in [2.45, 2.75) is 71.1 Å². The Morgan fingerprint density at radius 2 is 1.19 bits per heavy atom. The van der Waals surface area contributed by atoms with Gasteiger partial charge in [-0.3, -0.25) is 0 Å². The largest absolute Gasteiger partial charge is 0.444 e. The highest BCUT2D eigenvalue weighted by molar-refractivity contribution is 7.81. The van der Waals surface area contributed by atoms with Gasteiger partial charge in [-0.05, 0) is 10.7 Å². The fourth-order valence-corrected chi connectivity index (χ4v) is 2.96. The predicted octanol–water partition coefficient (Wildman–Crippen LogP) is 3.81. The van der Waals surface area contributed by atoms with Gasteiger partial charge in [0.1, 0.15) is 0 Å². The molecule has 0 atom stereocenters. The van der Waals surface area contributed by atoms with Crippen LogP contribution >= 0.6 is 0 Å². The smallest absolute Gasteiger partial charge is 0.245 e. The normalized spacial score (nSPS) is 12.8. The van der Waals surface area contributed by atoms with E-state index in [1.807, 2.05) is 0 Å². The first-order valence-corrected chi connectivity index (χ1v) is 9.52. The lowest BCUT2D eigenvalue weighted by molar-refractivity contribution is -1.03. The molecule has 0 radical (unpaired) electrons. The van der Waals surface area contributed by atoms with Crippen LogP contribution in [0.25, 0.3) is 0 Å². The summed E-state index contributed by atoms with van der Waals surface area (Å²) in [7, 11) is 1.00. The van der Waals surface area contributed by atoms with E-state index in [0.29, 0.717) is 0 Å². The Hall–Kier alpha value is -0.170. The van der Waals surface area contributed by atoms with E-state index in [1.54, 1.807) is 21.1 Å². The number of hydroxylamine groups is 3. The summed E-state index contributed by atoms with van der Waals surface area (Å²) in [6.07, 6.45) is 12.1. The van der Waals surface area contributed by atoms with Gasteiger partial charge < -0.3 is 0 Å². The van der Waals surface area contributed by atoms with Crippen molar-refractivity contribution in [1.29, 1.82) is 0 Å². The topological polar surface area (TPSA) is 52.6 Å². The summed E-state index contributed by atoms with van der Waals surface area (Å²) in [6.45, 7) is 2.44. The van der Waals surface area contributed by atoms with Crippen LogP contribution in [-0.2, 0) is 18.9 Å². The lowest BCUT2D eigenvalue weighted by Gasteiger charge is -2.19. The summed E-state index contributed by atoms with van der Waals surface area (Å²) in [5, 5.41) is 0. The van der Waals surface area contributed by atoms with Crippen LogP contribution in [-0.4, -0.2) is 40.8 Å². The second-order valence-corrected chi connectivity index (χ2v) is 7.58. The molecule has 0 aromatic heterocycles. The monoisotopic (exact) mass is 324 g/mol. The fraction of sp³-hybridized carbons (Fsp3) is 1.00. The van der Waals surface area contributed by atoms with Gasteiger partial charge in [0.25, 0.3) is 0 Å². The van der Waals surface area contributed by atoms with Gasteiger partial charge in [0, 0.05) is 0 Å². The van der Waals surface area contributed by atoms with E-state index < -0.39 is 10.4 Å². The highest BCUT2D eigenvalue weighted by atomic mass is 32.3. The minimum Gasteiger partial charge on any atom is -0.245 e. The average Bonchev–Trinajstić information content (AvgIpc) is 2.33. The van der Waals surface area contributed by atoms with E-state index in [0.717, 1.165) is 19.3 Å². The van der Waals surface area contributed by atoms with Crippen LogP contribution in [0.4, 0.5) is 0 Å². The molecule has 0 amide bonds. The van der Waals surface area contributed by atoms with E-state index in [9.17, 15) is 8.42 Å². The lowest BCUT2D eigenvalue weighted by Crippen LogP contribution is -2.37.